The molecule has 1 aliphatic heterocycles. The Kier molecular flexibility index (Phi) is 4.08. The van der Waals surface area contributed by atoms with Gasteiger partial charge >= 0.3 is 0 Å². The van der Waals surface area contributed by atoms with Crippen LogP contribution in [0.15, 0.2) is 24.3 Å². The van der Waals surface area contributed by atoms with Crippen molar-refractivity contribution in [2.45, 2.75) is 26.4 Å². The lowest BCUT2D eigenvalue weighted by molar-refractivity contribution is -0.126. The zero-order chi connectivity index (χ0) is 15.7. The molecule has 1 aromatic heterocycles. The summed E-state index contributed by atoms with van der Waals surface area (Å²) < 4.78 is 7.83. The Balaban J connectivity index is 1.83. The molecule has 1 saturated heterocycles. The summed E-state index contributed by atoms with van der Waals surface area (Å²) in [7, 11) is 0. The van der Waals surface area contributed by atoms with Crippen molar-refractivity contribution in [3.05, 3.63) is 34.9 Å². The van der Waals surface area contributed by atoms with Gasteiger partial charge in [0.1, 0.15) is 11.9 Å². The minimum Gasteiger partial charge on any atom is -0.368 e. The van der Waals surface area contributed by atoms with Crippen LogP contribution in [0.4, 0.5) is 5.69 Å². The molecular formula is C15H18N4O2S. The number of aryl methyl sites for hydroxylation is 1. The Hall–Kier alpha value is -1.99. The van der Waals surface area contributed by atoms with E-state index in [1.807, 2.05) is 42.7 Å². The first-order valence-electron chi connectivity index (χ1n) is 7.23. The second-order valence-electron chi connectivity index (χ2n) is 5.51. The average molecular weight is 318 g/mol. The zero-order valence-corrected chi connectivity index (χ0v) is 13.3. The van der Waals surface area contributed by atoms with Crippen LogP contribution in [0, 0.1) is 17.6 Å². The van der Waals surface area contributed by atoms with Crippen LogP contribution in [0.5, 0.6) is 0 Å². The van der Waals surface area contributed by atoms with Crippen molar-refractivity contribution < 1.29 is 9.53 Å². The smallest absolute Gasteiger partial charge is 0.253 e. The van der Waals surface area contributed by atoms with Crippen molar-refractivity contribution in [1.29, 1.82) is 0 Å². The lowest BCUT2D eigenvalue weighted by Gasteiger charge is -2.15. The Morgan fingerprint density at radius 3 is 3.00 bits per heavy atom. The molecule has 7 heteroatoms. The number of benzene rings is 1. The van der Waals surface area contributed by atoms with E-state index in [-0.39, 0.29) is 17.9 Å². The predicted octanol–water partition coefficient (Wildman–Crippen LogP) is 2.60. The van der Waals surface area contributed by atoms with Crippen LogP contribution in [-0.4, -0.2) is 33.4 Å². The molecule has 22 heavy (non-hydrogen) atoms. The van der Waals surface area contributed by atoms with Gasteiger partial charge in [0.05, 0.1) is 5.69 Å². The second kappa shape index (κ2) is 6.02. The van der Waals surface area contributed by atoms with Gasteiger partial charge in [0.2, 0.25) is 0 Å². The third-order valence-corrected chi connectivity index (χ3v) is 4.13. The monoisotopic (exact) mass is 318 g/mol. The van der Waals surface area contributed by atoms with Crippen LogP contribution < -0.4 is 5.32 Å². The maximum Gasteiger partial charge on any atom is 0.253 e. The summed E-state index contributed by atoms with van der Waals surface area (Å²) in [4.78, 5) is 12.3. The number of amides is 1. The van der Waals surface area contributed by atoms with Crippen LogP contribution >= 0.6 is 12.2 Å². The number of ether oxygens (including phenoxy) is 1. The van der Waals surface area contributed by atoms with Crippen LogP contribution in [-0.2, 0) is 9.53 Å². The molecule has 2 N–H and O–H groups in total. The van der Waals surface area contributed by atoms with Crippen LogP contribution in [0.2, 0.25) is 0 Å². The summed E-state index contributed by atoms with van der Waals surface area (Å²) in [6.45, 7) is 4.54. The molecule has 0 unspecified atom stereocenters. The Bertz CT molecular complexity index is 752. The van der Waals surface area contributed by atoms with Gasteiger partial charge in [-0.25, -0.2) is 0 Å². The number of rotatable bonds is 3. The van der Waals surface area contributed by atoms with E-state index in [4.69, 9.17) is 17.0 Å². The predicted molar refractivity (Wildman–Crippen MR) is 85.6 cm³/mol. The molecule has 0 radical (unpaired) electrons. The number of aromatic amines is 1. The van der Waals surface area contributed by atoms with E-state index in [9.17, 15) is 4.79 Å². The van der Waals surface area contributed by atoms with E-state index in [1.165, 1.54) is 0 Å². The van der Waals surface area contributed by atoms with Crippen molar-refractivity contribution in [3.63, 3.8) is 0 Å². The first-order chi connectivity index (χ1) is 10.6. The molecule has 116 valence electrons. The number of nitrogens with zero attached hydrogens (tertiary/aromatic N) is 2. The molecule has 6 nitrogen and oxygen atoms in total. The highest BCUT2D eigenvalue weighted by atomic mass is 32.1. The van der Waals surface area contributed by atoms with Crippen molar-refractivity contribution in [1.82, 2.24) is 14.8 Å². The minimum atomic E-state index is -0.374. The maximum atomic E-state index is 12.3. The highest BCUT2D eigenvalue weighted by Crippen LogP contribution is 2.22. The van der Waals surface area contributed by atoms with E-state index in [0.717, 1.165) is 17.9 Å². The molecule has 2 aromatic rings. The summed E-state index contributed by atoms with van der Waals surface area (Å²) in [5.41, 5.74) is 1.57. The van der Waals surface area contributed by atoms with E-state index in [0.29, 0.717) is 17.1 Å². The van der Waals surface area contributed by atoms with Gasteiger partial charge in [0.25, 0.3) is 5.91 Å². The number of nitrogens with one attached hydrogen (secondary N) is 2. The van der Waals surface area contributed by atoms with E-state index in [1.54, 1.807) is 0 Å². The van der Waals surface area contributed by atoms with E-state index in [2.05, 4.69) is 15.5 Å². The normalized spacial score (nSPS) is 21.0. The summed E-state index contributed by atoms with van der Waals surface area (Å²) in [5.74, 6) is 0.906. The van der Waals surface area contributed by atoms with Crippen LogP contribution in [0.25, 0.3) is 5.69 Å². The second-order valence-corrected chi connectivity index (χ2v) is 5.90. The topological polar surface area (TPSA) is 71.9 Å². The van der Waals surface area contributed by atoms with E-state index < -0.39 is 0 Å². The van der Waals surface area contributed by atoms with Crippen molar-refractivity contribution in [2.75, 3.05) is 11.9 Å². The number of carbonyl (C=O) groups excluding carboxylic acids is 1. The highest BCUT2D eigenvalue weighted by Gasteiger charge is 2.30. The maximum absolute atomic E-state index is 12.3. The molecule has 1 fully saturated rings. The van der Waals surface area contributed by atoms with Gasteiger partial charge in [-0.3, -0.25) is 14.5 Å². The molecule has 3 rings (SSSR count). The lowest BCUT2D eigenvalue weighted by Crippen LogP contribution is -2.31. The van der Waals surface area contributed by atoms with Gasteiger partial charge in [-0.1, -0.05) is 13.0 Å². The third kappa shape index (κ3) is 2.82. The van der Waals surface area contributed by atoms with Gasteiger partial charge in [0.15, 0.2) is 4.77 Å². The SMILES string of the molecule is Cc1n[nH]c(=S)n1-c1cccc(NC(=O)[C@H]2OCC[C@@H]2C)c1. The molecule has 0 saturated carbocycles. The Morgan fingerprint density at radius 2 is 2.36 bits per heavy atom. The number of hydrogen-bond acceptors (Lipinski definition) is 4. The van der Waals surface area contributed by atoms with Crippen molar-refractivity contribution in [3.8, 4) is 5.69 Å². The van der Waals surface area contributed by atoms with Gasteiger partial charge in [-0.2, -0.15) is 5.10 Å². The summed E-state index contributed by atoms with van der Waals surface area (Å²) in [5, 5.41) is 9.76. The van der Waals surface area contributed by atoms with Gasteiger partial charge in [-0.05, 0) is 49.7 Å². The van der Waals surface area contributed by atoms with Crippen molar-refractivity contribution >= 4 is 23.8 Å². The summed E-state index contributed by atoms with van der Waals surface area (Å²) in [6, 6.07) is 7.51. The highest BCUT2D eigenvalue weighted by molar-refractivity contribution is 7.71. The number of hydrogen-bond donors (Lipinski definition) is 2. The van der Waals surface area contributed by atoms with Gasteiger partial charge in [-0.15, -0.1) is 0 Å². The standard InChI is InChI=1S/C15H18N4O2S/c1-9-6-7-21-13(9)14(20)16-11-4-3-5-12(8-11)19-10(2)17-18-15(19)22/h3-5,8-9,13H,6-7H2,1-2H3,(H,16,20)(H,18,22)/t9-,13-/m0/s1. The molecule has 2 heterocycles. The molecule has 0 spiro atoms. The fourth-order valence-electron chi connectivity index (χ4n) is 2.65. The number of aromatic nitrogens is 3. The van der Waals surface area contributed by atoms with Crippen molar-refractivity contribution in [2.24, 2.45) is 5.92 Å². The van der Waals surface area contributed by atoms with Crippen LogP contribution in [0.3, 0.4) is 0 Å². The van der Waals surface area contributed by atoms with Gasteiger partial charge in [0, 0.05) is 12.3 Å². The van der Waals surface area contributed by atoms with Gasteiger partial charge < -0.3 is 10.1 Å². The molecule has 1 aliphatic rings. The molecule has 1 aromatic carbocycles. The molecule has 0 bridgehead atoms. The number of carbonyl (C=O) groups is 1. The first kappa shape index (κ1) is 14.9. The fraction of sp³-hybridized carbons (Fsp3) is 0.400. The third-order valence-electron chi connectivity index (χ3n) is 3.86. The first-order valence-corrected chi connectivity index (χ1v) is 7.64. The average Bonchev–Trinajstić information content (AvgIpc) is 3.05. The Labute approximate surface area is 133 Å². The fourth-order valence-corrected chi connectivity index (χ4v) is 2.93. The van der Waals surface area contributed by atoms with E-state index >= 15 is 0 Å². The van der Waals surface area contributed by atoms with Crippen LogP contribution in [0.1, 0.15) is 19.2 Å². The molecule has 2 atom stereocenters. The summed E-state index contributed by atoms with van der Waals surface area (Å²) >= 11 is 5.23. The molecule has 1 amide bonds. The molecule has 0 aliphatic carbocycles. The summed E-state index contributed by atoms with van der Waals surface area (Å²) in [6.07, 6.45) is 0.545. The molecular weight excluding hydrogens is 300 g/mol. The largest absolute Gasteiger partial charge is 0.368 e. The lowest BCUT2D eigenvalue weighted by atomic mass is 10.0. The number of anilines is 1. The Morgan fingerprint density at radius 1 is 1.55 bits per heavy atom. The zero-order valence-electron chi connectivity index (χ0n) is 12.5. The quantitative estimate of drug-likeness (QED) is 0.853. The number of H-pyrrole nitrogens is 1. The minimum absolute atomic E-state index is 0.102.